The Morgan fingerprint density at radius 1 is 1.00 bits per heavy atom. The Bertz CT molecular complexity index is 778. The first-order chi connectivity index (χ1) is 9.95. The molecule has 3 rings (SSSR count). The van der Waals surface area contributed by atoms with Gasteiger partial charge < -0.3 is 4.42 Å². The molecular formula is C18H19IOSi. The summed E-state index contributed by atoms with van der Waals surface area (Å²) < 4.78 is 7.02. The highest BCUT2D eigenvalue weighted by Crippen LogP contribution is 2.23. The minimum atomic E-state index is -1.38. The van der Waals surface area contributed by atoms with Gasteiger partial charge in [0.05, 0.1) is 8.07 Å². The third-order valence-corrected chi connectivity index (χ3v) is 6.39. The molecule has 108 valence electrons. The second kappa shape index (κ2) is 5.61. The van der Waals surface area contributed by atoms with Crippen LogP contribution in [0, 0.1) is 3.77 Å². The molecule has 0 unspecified atom stereocenters. The molecule has 2 aromatic carbocycles. The molecule has 0 aliphatic carbocycles. The molecule has 1 nitrogen and oxygen atoms in total. The van der Waals surface area contributed by atoms with Gasteiger partial charge in [0, 0.05) is 6.42 Å². The fraction of sp³-hybridized carbons (Fsp3) is 0.222. The molecule has 0 spiro atoms. The fourth-order valence-corrected chi connectivity index (χ4v) is 5.19. The van der Waals surface area contributed by atoms with Crippen LogP contribution in [-0.4, -0.2) is 8.07 Å². The number of furan rings is 1. The molecule has 21 heavy (non-hydrogen) atoms. The van der Waals surface area contributed by atoms with E-state index in [-0.39, 0.29) is 0 Å². The van der Waals surface area contributed by atoms with Crippen molar-refractivity contribution < 1.29 is 4.42 Å². The van der Waals surface area contributed by atoms with Crippen LogP contribution in [0.25, 0.3) is 10.8 Å². The Labute approximate surface area is 140 Å². The summed E-state index contributed by atoms with van der Waals surface area (Å²) in [5.74, 6) is 1.15. The van der Waals surface area contributed by atoms with Crippen LogP contribution in [0.5, 0.6) is 0 Å². The maximum atomic E-state index is 6.02. The predicted molar refractivity (Wildman–Crippen MR) is 101 cm³/mol. The summed E-state index contributed by atoms with van der Waals surface area (Å²) >= 11 is 2.28. The summed E-state index contributed by atoms with van der Waals surface area (Å²) in [7, 11) is -1.38. The van der Waals surface area contributed by atoms with E-state index in [1.807, 2.05) is 0 Å². The highest BCUT2D eigenvalue weighted by atomic mass is 127. The van der Waals surface area contributed by atoms with Gasteiger partial charge in [0.1, 0.15) is 5.76 Å². The van der Waals surface area contributed by atoms with Crippen molar-refractivity contribution in [3.8, 4) is 0 Å². The molecule has 0 radical (unpaired) electrons. The molecule has 0 saturated carbocycles. The van der Waals surface area contributed by atoms with Crippen molar-refractivity contribution in [1.29, 1.82) is 0 Å². The molecule has 0 aliphatic heterocycles. The first kappa shape index (κ1) is 14.8. The van der Waals surface area contributed by atoms with Crippen molar-refractivity contribution in [3.63, 3.8) is 0 Å². The van der Waals surface area contributed by atoms with Gasteiger partial charge in [-0.25, -0.2) is 0 Å². The summed E-state index contributed by atoms with van der Waals surface area (Å²) in [6, 6.07) is 17.3. The smallest absolute Gasteiger partial charge is 0.163 e. The van der Waals surface area contributed by atoms with E-state index in [1.165, 1.54) is 21.5 Å². The Balaban J connectivity index is 2.07. The van der Waals surface area contributed by atoms with Gasteiger partial charge in [-0.3, -0.25) is 0 Å². The molecule has 0 aliphatic rings. The van der Waals surface area contributed by atoms with E-state index in [9.17, 15) is 0 Å². The van der Waals surface area contributed by atoms with Gasteiger partial charge in [-0.2, -0.15) is 0 Å². The molecule has 0 bridgehead atoms. The summed E-state index contributed by atoms with van der Waals surface area (Å²) in [5, 5.41) is 4.07. The van der Waals surface area contributed by atoms with E-state index in [0.29, 0.717) is 0 Å². The fourth-order valence-electron chi connectivity index (χ4n) is 2.78. The topological polar surface area (TPSA) is 13.1 Å². The number of fused-ring (bicyclic) bond motifs is 1. The molecule has 0 atom stereocenters. The minimum Gasteiger partial charge on any atom is -0.455 e. The quantitative estimate of drug-likeness (QED) is 0.432. The van der Waals surface area contributed by atoms with Crippen LogP contribution in [0.1, 0.15) is 11.3 Å². The Morgan fingerprint density at radius 2 is 1.71 bits per heavy atom. The first-order valence-corrected chi connectivity index (χ1v) is 11.8. The normalized spacial score (nSPS) is 12.0. The maximum absolute atomic E-state index is 6.02. The van der Waals surface area contributed by atoms with Crippen LogP contribution < -0.4 is 5.19 Å². The zero-order valence-electron chi connectivity index (χ0n) is 12.6. The molecule has 0 amide bonds. The van der Waals surface area contributed by atoms with Gasteiger partial charge in [0.2, 0.25) is 0 Å². The predicted octanol–water partition coefficient (Wildman–Crippen LogP) is 5.17. The van der Waals surface area contributed by atoms with Crippen molar-refractivity contribution in [2.45, 2.75) is 26.1 Å². The van der Waals surface area contributed by atoms with Gasteiger partial charge in [-0.15, -0.1) is 0 Å². The molecule has 1 heterocycles. The minimum absolute atomic E-state index is 0.879. The Kier molecular flexibility index (Phi) is 3.97. The van der Waals surface area contributed by atoms with E-state index in [2.05, 4.69) is 90.8 Å². The third kappa shape index (κ3) is 3.08. The van der Waals surface area contributed by atoms with Crippen LogP contribution in [-0.2, 0) is 6.42 Å². The van der Waals surface area contributed by atoms with E-state index in [0.717, 1.165) is 15.9 Å². The van der Waals surface area contributed by atoms with Crippen molar-refractivity contribution in [2.24, 2.45) is 0 Å². The van der Waals surface area contributed by atoms with E-state index >= 15 is 0 Å². The number of rotatable bonds is 3. The van der Waals surface area contributed by atoms with Gasteiger partial charge in [-0.05, 0) is 50.2 Å². The lowest BCUT2D eigenvalue weighted by atomic mass is 10.0. The molecule has 3 aromatic rings. The first-order valence-electron chi connectivity index (χ1n) is 7.20. The third-order valence-electron chi connectivity index (χ3n) is 3.82. The molecule has 1 aromatic heterocycles. The number of halogens is 1. The second-order valence-electron chi connectivity index (χ2n) is 6.45. The average Bonchev–Trinajstić information content (AvgIpc) is 2.80. The lowest BCUT2D eigenvalue weighted by molar-refractivity contribution is 0.497. The van der Waals surface area contributed by atoms with Gasteiger partial charge in [0.25, 0.3) is 0 Å². The van der Waals surface area contributed by atoms with E-state index in [1.54, 1.807) is 0 Å². The monoisotopic (exact) mass is 406 g/mol. The zero-order chi connectivity index (χ0) is 15.0. The molecule has 3 heteroatoms. The SMILES string of the molecule is C[Si](C)(C)c1cc(I)oc1Cc1cccc2ccccc12. The average molecular weight is 406 g/mol. The molecule has 0 N–H and O–H groups in total. The van der Waals surface area contributed by atoms with E-state index in [4.69, 9.17) is 4.42 Å². The molecule has 0 saturated heterocycles. The van der Waals surface area contributed by atoms with Crippen molar-refractivity contribution in [2.75, 3.05) is 0 Å². The van der Waals surface area contributed by atoms with Crippen molar-refractivity contribution >= 4 is 46.6 Å². The number of hydrogen-bond acceptors (Lipinski definition) is 1. The summed E-state index contributed by atoms with van der Waals surface area (Å²) in [6.07, 6.45) is 0.879. The van der Waals surface area contributed by atoms with Crippen LogP contribution in [0.2, 0.25) is 19.6 Å². The highest BCUT2D eigenvalue weighted by molar-refractivity contribution is 14.1. The Morgan fingerprint density at radius 3 is 2.48 bits per heavy atom. The largest absolute Gasteiger partial charge is 0.455 e. The maximum Gasteiger partial charge on any atom is 0.163 e. The van der Waals surface area contributed by atoms with Crippen LogP contribution in [0.4, 0.5) is 0 Å². The standard InChI is InChI=1S/C18H19IOSi/c1-21(2,3)17-12-18(19)20-16(17)11-14-9-6-8-13-7-4-5-10-15(13)14/h4-10,12H,11H2,1-3H3. The lowest BCUT2D eigenvalue weighted by Gasteiger charge is -2.16. The molecule has 0 fully saturated rings. The van der Waals surface area contributed by atoms with Gasteiger partial charge >= 0.3 is 0 Å². The van der Waals surface area contributed by atoms with Crippen molar-refractivity contribution in [1.82, 2.24) is 0 Å². The lowest BCUT2D eigenvalue weighted by Crippen LogP contribution is -2.38. The van der Waals surface area contributed by atoms with E-state index < -0.39 is 8.07 Å². The number of benzene rings is 2. The summed E-state index contributed by atoms with van der Waals surface area (Å²) in [4.78, 5) is 0. The van der Waals surface area contributed by atoms with Gasteiger partial charge in [-0.1, -0.05) is 62.1 Å². The second-order valence-corrected chi connectivity index (χ2v) is 12.6. The van der Waals surface area contributed by atoms with Crippen molar-refractivity contribution in [3.05, 3.63) is 63.6 Å². The summed E-state index contributed by atoms with van der Waals surface area (Å²) in [6.45, 7) is 7.13. The highest BCUT2D eigenvalue weighted by Gasteiger charge is 2.24. The van der Waals surface area contributed by atoms with Crippen LogP contribution in [0.15, 0.2) is 52.9 Å². The van der Waals surface area contributed by atoms with Crippen LogP contribution in [0.3, 0.4) is 0 Å². The Hall–Kier alpha value is -1.07. The molecular weight excluding hydrogens is 387 g/mol. The van der Waals surface area contributed by atoms with Gasteiger partial charge in [0.15, 0.2) is 3.77 Å². The number of hydrogen-bond donors (Lipinski definition) is 0. The van der Waals surface area contributed by atoms with Crippen LogP contribution >= 0.6 is 22.6 Å². The zero-order valence-corrected chi connectivity index (χ0v) is 15.8. The summed E-state index contributed by atoms with van der Waals surface area (Å²) in [5.41, 5.74) is 1.35.